The van der Waals surface area contributed by atoms with E-state index in [0.29, 0.717) is 16.6 Å². The maximum Gasteiger partial charge on any atom is 0.225 e. The first-order valence-corrected chi connectivity index (χ1v) is 8.62. The van der Waals surface area contributed by atoms with Crippen molar-refractivity contribution in [3.8, 4) is 0 Å². The van der Waals surface area contributed by atoms with Crippen LogP contribution in [0.5, 0.6) is 0 Å². The first-order valence-electron chi connectivity index (χ1n) is 7.86. The largest absolute Gasteiger partial charge is 0.349 e. The van der Waals surface area contributed by atoms with Gasteiger partial charge in [0, 0.05) is 30.6 Å². The molecule has 0 saturated heterocycles. The Morgan fingerprint density at radius 2 is 1.80 bits per heavy atom. The third-order valence-corrected chi connectivity index (χ3v) is 4.39. The Morgan fingerprint density at radius 1 is 1.12 bits per heavy atom. The molecule has 25 heavy (non-hydrogen) atoms. The zero-order valence-corrected chi connectivity index (χ0v) is 15.6. The second-order valence-electron chi connectivity index (χ2n) is 5.85. The van der Waals surface area contributed by atoms with E-state index in [1.807, 2.05) is 30.3 Å². The predicted octanol–water partition coefficient (Wildman–Crippen LogP) is 4.22. The van der Waals surface area contributed by atoms with Crippen molar-refractivity contribution in [2.75, 3.05) is 7.05 Å². The molecule has 0 heterocycles. The van der Waals surface area contributed by atoms with E-state index in [2.05, 4.69) is 5.32 Å². The summed E-state index contributed by atoms with van der Waals surface area (Å²) >= 11 is 12.1. The molecule has 0 fully saturated rings. The van der Waals surface area contributed by atoms with Gasteiger partial charge in [-0.2, -0.15) is 0 Å². The first kappa shape index (κ1) is 19.3. The molecule has 2 aromatic carbocycles. The van der Waals surface area contributed by atoms with Crippen LogP contribution in [0.2, 0.25) is 10.0 Å². The molecule has 0 saturated carbocycles. The predicted molar refractivity (Wildman–Crippen MR) is 101 cm³/mol. The molecular weight excluding hydrogens is 359 g/mol. The number of nitrogens with zero attached hydrogens (tertiary/aromatic N) is 1. The van der Waals surface area contributed by atoms with Crippen molar-refractivity contribution < 1.29 is 9.59 Å². The summed E-state index contributed by atoms with van der Waals surface area (Å²) in [7, 11) is 1.71. The van der Waals surface area contributed by atoms with Crippen molar-refractivity contribution >= 4 is 35.0 Å². The molecule has 6 heteroatoms. The molecule has 1 atom stereocenters. The maximum absolute atomic E-state index is 12.6. The second-order valence-corrected chi connectivity index (χ2v) is 6.70. The van der Waals surface area contributed by atoms with E-state index < -0.39 is 0 Å². The van der Waals surface area contributed by atoms with Crippen molar-refractivity contribution in [1.29, 1.82) is 0 Å². The minimum absolute atomic E-state index is 0.0892. The Morgan fingerprint density at radius 3 is 2.40 bits per heavy atom. The summed E-state index contributed by atoms with van der Waals surface area (Å²) in [6.07, 6.45) is 0.172. The van der Waals surface area contributed by atoms with E-state index in [1.165, 1.54) is 6.92 Å². The standard InChI is InChI=1S/C19H20Cl2N2O2/c1-13(24)22-18(14-6-4-3-5-7-14)11-19(25)23(2)12-15-8-9-16(20)10-17(15)21/h3-10,18H,11-12H2,1-2H3,(H,22,24)/t18-/m0/s1. The molecule has 0 radical (unpaired) electrons. The fourth-order valence-electron chi connectivity index (χ4n) is 2.51. The van der Waals surface area contributed by atoms with Crippen LogP contribution in [-0.4, -0.2) is 23.8 Å². The van der Waals surface area contributed by atoms with Crippen LogP contribution in [0.25, 0.3) is 0 Å². The van der Waals surface area contributed by atoms with Crippen molar-refractivity contribution in [2.24, 2.45) is 0 Å². The van der Waals surface area contributed by atoms with Crippen LogP contribution in [0.1, 0.15) is 30.5 Å². The SMILES string of the molecule is CC(=O)N[C@@H](CC(=O)N(C)Cc1ccc(Cl)cc1Cl)c1ccccc1. The number of halogens is 2. The van der Waals surface area contributed by atoms with Crippen LogP contribution in [0, 0.1) is 0 Å². The summed E-state index contributed by atoms with van der Waals surface area (Å²) in [4.78, 5) is 25.7. The average molecular weight is 379 g/mol. The van der Waals surface area contributed by atoms with Crippen molar-refractivity contribution in [3.63, 3.8) is 0 Å². The van der Waals surface area contributed by atoms with Gasteiger partial charge in [0.15, 0.2) is 0 Å². The minimum atomic E-state index is -0.366. The smallest absolute Gasteiger partial charge is 0.225 e. The van der Waals surface area contributed by atoms with E-state index in [9.17, 15) is 9.59 Å². The summed E-state index contributed by atoms with van der Waals surface area (Å²) in [5.74, 6) is -0.265. The number of benzene rings is 2. The van der Waals surface area contributed by atoms with Gasteiger partial charge in [0.2, 0.25) is 11.8 Å². The van der Waals surface area contributed by atoms with E-state index >= 15 is 0 Å². The lowest BCUT2D eigenvalue weighted by atomic mass is 10.0. The first-order chi connectivity index (χ1) is 11.9. The third-order valence-electron chi connectivity index (χ3n) is 3.81. The highest BCUT2D eigenvalue weighted by Crippen LogP contribution is 2.23. The van der Waals surface area contributed by atoms with Gasteiger partial charge < -0.3 is 10.2 Å². The zero-order valence-electron chi connectivity index (χ0n) is 14.1. The van der Waals surface area contributed by atoms with Gasteiger partial charge >= 0.3 is 0 Å². The number of nitrogens with one attached hydrogen (secondary N) is 1. The highest BCUT2D eigenvalue weighted by Gasteiger charge is 2.20. The molecule has 0 spiro atoms. The van der Waals surface area contributed by atoms with Gasteiger partial charge in [0.1, 0.15) is 0 Å². The van der Waals surface area contributed by atoms with E-state index in [-0.39, 0.29) is 24.3 Å². The summed E-state index contributed by atoms with van der Waals surface area (Å²) in [5, 5.41) is 3.91. The monoisotopic (exact) mass is 378 g/mol. The summed E-state index contributed by atoms with van der Waals surface area (Å²) in [5.41, 5.74) is 1.71. The number of carbonyl (C=O) groups is 2. The number of carbonyl (C=O) groups excluding carboxylic acids is 2. The topological polar surface area (TPSA) is 49.4 Å². The lowest BCUT2D eigenvalue weighted by Gasteiger charge is -2.23. The molecule has 132 valence electrons. The number of hydrogen-bond donors (Lipinski definition) is 1. The van der Waals surface area contributed by atoms with E-state index in [1.54, 1.807) is 30.1 Å². The Bertz CT molecular complexity index is 750. The van der Waals surface area contributed by atoms with Gasteiger partial charge in [-0.05, 0) is 23.3 Å². The van der Waals surface area contributed by atoms with Crippen LogP contribution in [0.15, 0.2) is 48.5 Å². The van der Waals surface area contributed by atoms with E-state index in [0.717, 1.165) is 11.1 Å². The Kier molecular flexibility index (Phi) is 6.85. The van der Waals surface area contributed by atoms with Gasteiger partial charge in [-0.25, -0.2) is 0 Å². The van der Waals surface area contributed by atoms with Crippen molar-refractivity contribution in [1.82, 2.24) is 10.2 Å². The minimum Gasteiger partial charge on any atom is -0.349 e. The number of amides is 2. The molecule has 1 N–H and O–H groups in total. The fourth-order valence-corrected chi connectivity index (χ4v) is 2.98. The van der Waals surface area contributed by atoms with Gasteiger partial charge in [-0.1, -0.05) is 59.6 Å². The third kappa shape index (κ3) is 5.76. The molecule has 0 aliphatic carbocycles. The molecular formula is C19H20Cl2N2O2. The lowest BCUT2D eigenvalue weighted by molar-refractivity contribution is -0.131. The molecule has 2 aromatic rings. The van der Waals surface area contributed by atoms with Crippen LogP contribution in [0.3, 0.4) is 0 Å². The van der Waals surface area contributed by atoms with Gasteiger partial charge in [-0.15, -0.1) is 0 Å². The molecule has 2 amide bonds. The zero-order chi connectivity index (χ0) is 18.4. The highest BCUT2D eigenvalue weighted by molar-refractivity contribution is 6.35. The van der Waals surface area contributed by atoms with Crippen molar-refractivity contribution in [2.45, 2.75) is 25.9 Å². The van der Waals surface area contributed by atoms with E-state index in [4.69, 9.17) is 23.2 Å². The molecule has 0 unspecified atom stereocenters. The Labute approximate surface area is 157 Å². The number of rotatable bonds is 6. The average Bonchev–Trinajstić information content (AvgIpc) is 2.57. The highest BCUT2D eigenvalue weighted by atomic mass is 35.5. The quantitative estimate of drug-likeness (QED) is 0.817. The number of hydrogen-bond acceptors (Lipinski definition) is 2. The molecule has 0 bridgehead atoms. The maximum atomic E-state index is 12.6. The normalized spacial score (nSPS) is 11.7. The molecule has 0 aromatic heterocycles. The molecule has 2 rings (SSSR count). The van der Waals surface area contributed by atoms with Gasteiger partial charge in [0.25, 0.3) is 0 Å². The molecule has 4 nitrogen and oxygen atoms in total. The fraction of sp³-hybridized carbons (Fsp3) is 0.263. The Balaban J connectivity index is 2.07. The van der Waals surface area contributed by atoms with Crippen LogP contribution in [0.4, 0.5) is 0 Å². The van der Waals surface area contributed by atoms with Gasteiger partial charge in [0.05, 0.1) is 12.5 Å². The summed E-state index contributed by atoms with van der Waals surface area (Å²) < 4.78 is 0. The lowest BCUT2D eigenvalue weighted by Crippen LogP contribution is -2.33. The molecule has 0 aliphatic heterocycles. The second kappa shape index (κ2) is 8.88. The van der Waals surface area contributed by atoms with Crippen molar-refractivity contribution in [3.05, 3.63) is 69.7 Å². The van der Waals surface area contributed by atoms with Gasteiger partial charge in [-0.3, -0.25) is 9.59 Å². The van der Waals surface area contributed by atoms with Crippen LogP contribution >= 0.6 is 23.2 Å². The summed E-state index contributed by atoms with van der Waals surface area (Å²) in [6, 6.07) is 14.3. The Hall–Kier alpha value is -2.04. The van der Waals surface area contributed by atoms with Crippen LogP contribution in [-0.2, 0) is 16.1 Å². The van der Waals surface area contributed by atoms with Crippen LogP contribution < -0.4 is 5.32 Å². The summed E-state index contributed by atoms with van der Waals surface area (Å²) in [6.45, 7) is 1.81. The molecule has 0 aliphatic rings.